The minimum Gasteiger partial charge on any atom is -0.497 e. The van der Waals surface area contributed by atoms with E-state index in [1.54, 1.807) is 19.4 Å². The molecule has 1 atom stereocenters. The van der Waals surface area contributed by atoms with Gasteiger partial charge in [-0.05, 0) is 43.0 Å². The van der Waals surface area contributed by atoms with Gasteiger partial charge in [0.05, 0.1) is 25.0 Å². The Morgan fingerprint density at radius 1 is 1.21 bits per heavy atom. The molecule has 0 aliphatic heterocycles. The predicted octanol–water partition coefficient (Wildman–Crippen LogP) is 4.70. The highest BCUT2D eigenvalue weighted by Crippen LogP contribution is 2.25. The molecule has 170 valence electrons. The van der Waals surface area contributed by atoms with Crippen LogP contribution in [0.3, 0.4) is 0 Å². The van der Waals surface area contributed by atoms with Crippen LogP contribution in [0.4, 0.5) is 0 Å². The Morgan fingerprint density at radius 3 is 2.73 bits per heavy atom. The fourth-order valence-corrected chi connectivity index (χ4v) is 3.94. The third-order valence-electron chi connectivity index (χ3n) is 5.85. The summed E-state index contributed by atoms with van der Waals surface area (Å²) in [5.41, 5.74) is 3.32. The van der Waals surface area contributed by atoms with Crippen LogP contribution in [0.15, 0.2) is 63.9 Å². The lowest BCUT2D eigenvalue weighted by atomic mass is 10.0. The van der Waals surface area contributed by atoms with E-state index in [-0.39, 0.29) is 18.4 Å². The summed E-state index contributed by atoms with van der Waals surface area (Å²) in [7, 11) is 1.56. The standard InChI is InChI=1S/C26H27N3O4/c1-4-21(25-27-15-22(29-25)17-8-6-5-7-9-17)28-24(30)13-12-20-16(2)19-11-10-18(32-3)14-23(19)33-26(20)31/h5-11,14-15,21H,4,12-13H2,1-3H3,(H,27,29)(H,28,30). The number of amides is 1. The topological polar surface area (TPSA) is 97.2 Å². The van der Waals surface area contributed by atoms with Gasteiger partial charge in [-0.25, -0.2) is 9.78 Å². The normalized spacial score (nSPS) is 12.0. The second-order valence-electron chi connectivity index (χ2n) is 7.93. The summed E-state index contributed by atoms with van der Waals surface area (Å²) in [6.45, 7) is 3.87. The molecule has 0 fully saturated rings. The fourth-order valence-electron chi connectivity index (χ4n) is 3.94. The Balaban J connectivity index is 1.45. The van der Waals surface area contributed by atoms with Crippen molar-refractivity contribution in [1.29, 1.82) is 0 Å². The van der Waals surface area contributed by atoms with Crippen molar-refractivity contribution in [2.75, 3.05) is 7.11 Å². The van der Waals surface area contributed by atoms with Crippen LogP contribution in [0.2, 0.25) is 0 Å². The molecule has 2 aromatic carbocycles. The molecule has 0 saturated heterocycles. The Morgan fingerprint density at radius 2 is 2.00 bits per heavy atom. The van der Waals surface area contributed by atoms with Crippen LogP contribution in [0, 0.1) is 6.92 Å². The molecule has 0 bridgehead atoms. The number of aromatic amines is 1. The molecule has 7 heteroatoms. The fraction of sp³-hybridized carbons (Fsp3) is 0.269. The van der Waals surface area contributed by atoms with Gasteiger partial charge in [0.2, 0.25) is 5.91 Å². The zero-order valence-electron chi connectivity index (χ0n) is 19.0. The molecule has 2 heterocycles. The van der Waals surface area contributed by atoms with Crippen LogP contribution in [-0.4, -0.2) is 23.0 Å². The van der Waals surface area contributed by atoms with Crippen molar-refractivity contribution in [1.82, 2.24) is 15.3 Å². The summed E-state index contributed by atoms with van der Waals surface area (Å²) in [6, 6.07) is 15.1. The van der Waals surface area contributed by atoms with Gasteiger partial charge < -0.3 is 19.5 Å². The van der Waals surface area contributed by atoms with E-state index < -0.39 is 5.63 Å². The number of hydrogen-bond donors (Lipinski definition) is 2. The number of rotatable bonds is 8. The van der Waals surface area contributed by atoms with Gasteiger partial charge in [0.15, 0.2) is 0 Å². The number of carbonyl (C=O) groups excluding carboxylic acids is 1. The van der Waals surface area contributed by atoms with Crippen molar-refractivity contribution in [2.24, 2.45) is 0 Å². The lowest BCUT2D eigenvalue weighted by Gasteiger charge is -2.15. The Kier molecular flexibility index (Phi) is 6.58. The lowest BCUT2D eigenvalue weighted by Crippen LogP contribution is -2.29. The number of aryl methyl sites for hydroxylation is 1. The van der Waals surface area contributed by atoms with Crippen molar-refractivity contribution in [2.45, 2.75) is 39.2 Å². The summed E-state index contributed by atoms with van der Waals surface area (Å²) in [5.74, 6) is 1.18. The first kappa shape index (κ1) is 22.3. The maximum absolute atomic E-state index is 12.7. The molecular weight excluding hydrogens is 418 g/mol. The number of methoxy groups -OCH3 is 1. The highest BCUT2D eigenvalue weighted by Gasteiger charge is 2.18. The second-order valence-corrected chi connectivity index (χ2v) is 7.93. The first-order chi connectivity index (χ1) is 16.0. The van der Waals surface area contributed by atoms with Gasteiger partial charge in [0.25, 0.3) is 0 Å². The van der Waals surface area contributed by atoms with Gasteiger partial charge in [0.1, 0.15) is 17.2 Å². The summed E-state index contributed by atoms with van der Waals surface area (Å²) in [5, 5.41) is 3.86. The number of hydrogen-bond acceptors (Lipinski definition) is 5. The third kappa shape index (κ3) is 4.82. The number of aromatic nitrogens is 2. The molecule has 4 rings (SSSR count). The molecule has 7 nitrogen and oxygen atoms in total. The molecular formula is C26H27N3O4. The van der Waals surface area contributed by atoms with E-state index in [0.29, 0.717) is 35.6 Å². The van der Waals surface area contributed by atoms with Crippen molar-refractivity contribution in [3.63, 3.8) is 0 Å². The van der Waals surface area contributed by atoms with Gasteiger partial charge in [0, 0.05) is 23.4 Å². The summed E-state index contributed by atoms with van der Waals surface area (Å²) in [4.78, 5) is 33.0. The number of nitrogens with zero attached hydrogens (tertiary/aromatic N) is 1. The van der Waals surface area contributed by atoms with Gasteiger partial charge >= 0.3 is 5.63 Å². The van der Waals surface area contributed by atoms with Crippen LogP contribution >= 0.6 is 0 Å². The van der Waals surface area contributed by atoms with Crippen LogP contribution in [-0.2, 0) is 11.2 Å². The molecule has 0 saturated carbocycles. The van der Waals surface area contributed by atoms with E-state index in [2.05, 4.69) is 15.3 Å². The lowest BCUT2D eigenvalue weighted by molar-refractivity contribution is -0.121. The Labute approximate surface area is 191 Å². The molecule has 33 heavy (non-hydrogen) atoms. The van der Waals surface area contributed by atoms with Crippen molar-refractivity contribution >= 4 is 16.9 Å². The molecule has 0 aliphatic carbocycles. The molecule has 0 spiro atoms. The van der Waals surface area contributed by atoms with Gasteiger partial charge in [-0.3, -0.25) is 4.79 Å². The van der Waals surface area contributed by atoms with Crippen LogP contribution in [0.25, 0.3) is 22.2 Å². The maximum Gasteiger partial charge on any atom is 0.339 e. The molecule has 1 unspecified atom stereocenters. The van der Waals surface area contributed by atoms with Crippen LogP contribution < -0.4 is 15.7 Å². The van der Waals surface area contributed by atoms with Gasteiger partial charge in [-0.15, -0.1) is 0 Å². The summed E-state index contributed by atoms with van der Waals surface area (Å²) < 4.78 is 10.7. The number of carbonyl (C=O) groups is 1. The van der Waals surface area contributed by atoms with Crippen LogP contribution in [0.1, 0.15) is 42.8 Å². The third-order valence-corrected chi connectivity index (χ3v) is 5.85. The largest absolute Gasteiger partial charge is 0.497 e. The number of imidazole rings is 1. The number of fused-ring (bicyclic) bond motifs is 1. The predicted molar refractivity (Wildman–Crippen MR) is 127 cm³/mol. The number of ether oxygens (including phenoxy) is 1. The highest BCUT2D eigenvalue weighted by atomic mass is 16.5. The monoisotopic (exact) mass is 445 g/mol. The molecule has 0 aliphatic rings. The van der Waals surface area contributed by atoms with E-state index >= 15 is 0 Å². The number of nitrogens with one attached hydrogen (secondary N) is 2. The van der Waals surface area contributed by atoms with Crippen molar-refractivity contribution < 1.29 is 13.9 Å². The Hall–Kier alpha value is -3.87. The number of benzene rings is 2. The average molecular weight is 446 g/mol. The molecule has 1 amide bonds. The maximum atomic E-state index is 12.7. The molecule has 4 aromatic rings. The molecule has 2 aromatic heterocycles. The number of H-pyrrole nitrogens is 1. The Bertz CT molecular complexity index is 1320. The van der Waals surface area contributed by atoms with E-state index in [4.69, 9.17) is 9.15 Å². The smallest absolute Gasteiger partial charge is 0.339 e. The van der Waals surface area contributed by atoms with E-state index in [1.807, 2.05) is 56.3 Å². The molecule has 0 radical (unpaired) electrons. The molecule has 2 N–H and O–H groups in total. The van der Waals surface area contributed by atoms with E-state index in [9.17, 15) is 9.59 Å². The van der Waals surface area contributed by atoms with Gasteiger partial charge in [-0.2, -0.15) is 0 Å². The minimum atomic E-state index is -0.424. The van der Waals surface area contributed by atoms with Crippen LogP contribution in [0.5, 0.6) is 5.75 Å². The first-order valence-corrected chi connectivity index (χ1v) is 11.0. The minimum absolute atomic E-state index is 0.145. The first-order valence-electron chi connectivity index (χ1n) is 11.0. The van der Waals surface area contributed by atoms with E-state index in [0.717, 1.165) is 22.2 Å². The van der Waals surface area contributed by atoms with Crippen molar-refractivity contribution in [3.05, 3.63) is 82.1 Å². The van der Waals surface area contributed by atoms with Crippen molar-refractivity contribution in [3.8, 4) is 17.0 Å². The SMILES string of the molecule is CCC(NC(=O)CCc1c(C)c2ccc(OC)cc2oc1=O)c1ncc(-c2ccccc2)[nH]1. The summed E-state index contributed by atoms with van der Waals surface area (Å²) in [6.07, 6.45) is 2.94. The quantitative estimate of drug-likeness (QED) is 0.383. The zero-order valence-corrected chi connectivity index (χ0v) is 19.0. The van der Waals surface area contributed by atoms with E-state index in [1.165, 1.54) is 0 Å². The average Bonchev–Trinajstić information content (AvgIpc) is 3.32. The second kappa shape index (κ2) is 9.73. The highest BCUT2D eigenvalue weighted by molar-refractivity contribution is 5.83. The summed E-state index contributed by atoms with van der Waals surface area (Å²) >= 11 is 0. The zero-order chi connectivity index (χ0) is 23.4. The van der Waals surface area contributed by atoms with Gasteiger partial charge in [-0.1, -0.05) is 37.3 Å².